The summed E-state index contributed by atoms with van der Waals surface area (Å²) < 4.78 is 0. The minimum Gasteiger partial charge on any atom is -0.0737 e. The summed E-state index contributed by atoms with van der Waals surface area (Å²) in [6.07, 6.45) is 2.62. The van der Waals surface area contributed by atoms with E-state index >= 15 is 0 Å². The summed E-state index contributed by atoms with van der Waals surface area (Å²) in [5.41, 5.74) is 6.10. The molecule has 0 N–H and O–H groups in total. The highest BCUT2D eigenvalue weighted by atomic mass is 28.3. The predicted octanol–water partition coefficient (Wildman–Crippen LogP) is 6.29. The Morgan fingerprint density at radius 3 is 1.76 bits per heavy atom. The molecular formula is C23H38Si2. The Hall–Kier alpha value is -0.866. The van der Waals surface area contributed by atoms with Gasteiger partial charge in [0.15, 0.2) is 0 Å². The van der Waals surface area contributed by atoms with Gasteiger partial charge in [-0.1, -0.05) is 104 Å². The summed E-state index contributed by atoms with van der Waals surface area (Å²) in [6, 6.07) is 10.2. The van der Waals surface area contributed by atoms with Crippen LogP contribution in [0, 0.1) is 6.92 Å². The number of benzene rings is 1. The third kappa shape index (κ3) is 3.17. The second kappa shape index (κ2) is 6.70. The molecule has 1 atom stereocenters. The highest BCUT2D eigenvalue weighted by Crippen LogP contribution is 2.55. The lowest BCUT2D eigenvalue weighted by molar-refractivity contribution is 0.835. The second-order valence-corrected chi connectivity index (χ2v) is 19.7. The molecule has 1 aromatic rings. The molecule has 0 aromatic heterocycles. The van der Waals surface area contributed by atoms with E-state index in [9.17, 15) is 0 Å². The van der Waals surface area contributed by atoms with Gasteiger partial charge >= 0.3 is 0 Å². The Labute approximate surface area is 158 Å². The van der Waals surface area contributed by atoms with Crippen molar-refractivity contribution in [3.63, 3.8) is 0 Å². The van der Waals surface area contributed by atoms with E-state index in [0.717, 1.165) is 0 Å². The van der Waals surface area contributed by atoms with E-state index < -0.39 is 16.1 Å². The van der Waals surface area contributed by atoms with E-state index in [2.05, 4.69) is 92.4 Å². The van der Waals surface area contributed by atoms with Crippen molar-refractivity contribution >= 4 is 26.5 Å². The lowest BCUT2D eigenvalue weighted by Gasteiger charge is -2.46. The highest BCUT2D eigenvalue weighted by Gasteiger charge is 2.51. The van der Waals surface area contributed by atoms with Gasteiger partial charge in [0.1, 0.15) is 8.07 Å². The molecule has 1 unspecified atom stereocenters. The Kier molecular flexibility index (Phi) is 5.48. The molecule has 2 heteroatoms. The normalized spacial score (nSPS) is 21.8. The third-order valence-corrected chi connectivity index (χ3v) is 15.5. The molecular weight excluding hydrogens is 332 g/mol. The summed E-state index contributed by atoms with van der Waals surface area (Å²) in [7, 11) is -3.02. The van der Waals surface area contributed by atoms with Crippen molar-refractivity contribution in [1.29, 1.82) is 0 Å². The molecule has 0 bridgehead atoms. The summed E-state index contributed by atoms with van der Waals surface area (Å²) >= 11 is 0. The number of hydrogen-bond acceptors (Lipinski definition) is 0. The molecule has 0 fully saturated rings. The van der Waals surface area contributed by atoms with Gasteiger partial charge in [-0.05, 0) is 33.3 Å². The minimum absolute atomic E-state index is 0.245. The Morgan fingerprint density at radius 2 is 1.36 bits per heavy atom. The van der Waals surface area contributed by atoms with Crippen LogP contribution in [0.5, 0.6) is 0 Å². The van der Waals surface area contributed by atoms with Crippen LogP contribution in [0.25, 0.3) is 0 Å². The van der Waals surface area contributed by atoms with Crippen LogP contribution in [-0.4, -0.2) is 16.1 Å². The molecule has 0 heterocycles. The average molecular weight is 371 g/mol. The van der Waals surface area contributed by atoms with Gasteiger partial charge in [0.2, 0.25) is 0 Å². The van der Waals surface area contributed by atoms with Gasteiger partial charge in [-0.25, -0.2) is 0 Å². The van der Waals surface area contributed by atoms with Gasteiger partial charge < -0.3 is 0 Å². The second-order valence-electron chi connectivity index (χ2n) is 9.41. The summed E-state index contributed by atoms with van der Waals surface area (Å²) in [5.74, 6) is 0. The lowest BCUT2D eigenvalue weighted by atomic mass is 10.0. The smallest absolute Gasteiger partial charge is 0.0737 e. The van der Waals surface area contributed by atoms with Crippen molar-refractivity contribution in [2.45, 2.75) is 85.2 Å². The average Bonchev–Trinajstić information content (AvgIpc) is 2.72. The molecule has 1 aromatic carbocycles. The molecule has 0 amide bonds. The lowest BCUT2D eigenvalue weighted by Crippen LogP contribution is -2.57. The van der Waals surface area contributed by atoms with E-state index in [0.29, 0.717) is 0 Å². The van der Waals surface area contributed by atoms with Crippen LogP contribution < -0.4 is 10.4 Å². The summed E-state index contributed by atoms with van der Waals surface area (Å²) in [5, 5.41) is 3.56. The molecule has 0 spiro atoms. The monoisotopic (exact) mass is 370 g/mol. The van der Waals surface area contributed by atoms with Crippen LogP contribution in [0.3, 0.4) is 0 Å². The molecule has 0 saturated heterocycles. The fraction of sp³-hybridized carbons (Fsp3) is 0.565. The van der Waals surface area contributed by atoms with E-state index in [1.165, 1.54) is 28.8 Å². The molecule has 0 saturated carbocycles. The molecule has 0 radical (unpaired) electrons. The topological polar surface area (TPSA) is 0 Å². The number of aryl methyl sites for hydroxylation is 1. The fourth-order valence-electron chi connectivity index (χ4n) is 5.02. The van der Waals surface area contributed by atoms with Crippen molar-refractivity contribution in [2.75, 3.05) is 0 Å². The molecule has 25 heavy (non-hydrogen) atoms. The zero-order valence-electron chi connectivity index (χ0n) is 18.2. The van der Waals surface area contributed by atoms with Crippen LogP contribution in [0.15, 0.2) is 41.0 Å². The largest absolute Gasteiger partial charge is 0.100 e. The first-order valence-electron chi connectivity index (χ1n) is 9.93. The molecule has 2 rings (SSSR count). The van der Waals surface area contributed by atoms with Crippen molar-refractivity contribution in [1.82, 2.24) is 0 Å². The standard InChI is InChI=1S/C23H38Si2/c1-11-25(12-2,23(7)16-18(4)19(5)20(23)6)22-14-17(3)13-21(15-22)24(8,9)10/h13-16H,11-12H2,1-10H3. The number of hydrogen-bond donors (Lipinski definition) is 0. The number of rotatable bonds is 5. The van der Waals surface area contributed by atoms with Crippen LogP contribution in [-0.2, 0) is 0 Å². The maximum Gasteiger partial charge on any atom is 0.100 e. The Balaban J connectivity index is 2.78. The van der Waals surface area contributed by atoms with Crippen LogP contribution in [0.1, 0.15) is 47.1 Å². The Bertz CT molecular complexity index is 727. The first-order valence-corrected chi connectivity index (χ1v) is 15.8. The van der Waals surface area contributed by atoms with Crippen molar-refractivity contribution < 1.29 is 0 Å². The number of allylic oxidation sites excluding steroid dienone is 4. The van der Waals surface area contributed by atoms with Crippen molar-refractivity contribution in [2.24, 2.45) is 0 Å². The van der Waals surface area contributed by atoms with Crippen LogP contribution in [0.2, 0.25) is 36.8 Å². The van der Waals surface area contributed by atoms with Crippen molar-refractivity contribution in [3.05, 3.63) is 46.6 Å². The van der Waals surface area contributed by atoms with E-state index in [1.807, 2.05) is 0 Å². The third-order valence-electron chi connectivity index (χ3n) is 7.14. The van der Waals surface area contributed by atoms with Gasteiger partial charge in [0.05, 0.1) is 8.07 Å². The van der Waals surface area contributed by atoms with Gasteiger partial charge in [-0.3, -0.25) is 0 Å². The molecule has 1 aliphatic rings. The predicted molar refractivity (Wildman–Crippen MR) is 121 cm³/mol. The van der Waals surface area contributed by atoms with Crippen LogP contribution in [0.4, 0.5) is 0 Å². The first kappa shape index (κ1) is 20.4. The van der Waals surface area contributed by atoms with Gasteiger partial charge in [0, 0.05) is 5.04 Å². The quantitative estimate of drug-likeness (QED) is 0.534. The Morgan fingerprint density at radius 1 is 0.840 bits per heavy atom. The van der Waals surface area contributed by atoms with E-state index in [4.69, 9.17) is 0 Å². The molecule has 0 aliphatic heterocycles. The molecule has 0 nitrogen and oxygen atoms in total. The van der Waals surface area contributed by atoms with Gasteiger partial charge in [-0.2, -0.15) is 0 Å². The maximum absolute atomic E-state index is 2.62. The van der Waals surface area contributed by atoms with E-state index in [1.54, 1.807) is 15.9 Å². The zero-order chi connectivity index (χ0) is 19.2. The van der Waals surface area contributed by atoms with E-state index in [-0.39, 0.29) is 5.04 Å². The minimum atomic E-state index is -1.71. The first-order chi connectivity index (χ1) is 11.4. The fourth-order valence-corrected chi connectivity index (χ4v) is 12.1. The zero-order valence-corrected chi connectivity index (χ0v) is 20.2. The molecule has 1 aliphatic carbocycles. The van der Waals surface area contributed by atoms with Gasteiger partial charge in [-0.15, -0.1) is 0 Å². The summed E-state index contributed by atoms with van der Waals surface area (Å²) in [4.78, 5) is 0. The van der Waals surface area contributed by atoms with Crippen LogP contribution >= 0.6 is 0 Å². The van der Waals surface area contributed by atoms with Gasteiger partial charge in [0.25, 0.3) is 0 Å². The summed E-state index contributed by atoms with van der Waals surface area (Å²) in [6.45, 7) is 24.2. The van der Waals surface area contributed by atoms with Crippen molar-refractivity contribution in [3.8, 4) is 0 Å². The maximum atomic E-state index is 2.62. The SMILES string of the molecule is CC[Si](CC)(c1cc(C)cc([Si](C)(C)C)c1)C1(C)C=C(C)C(C)=C1C. The highest BCUT2D eigenvalue weighted by molar-refractivity contribution is 6.96. The molecule has 138 valence electrons.